The zero-order valence-electron chi connectivity index (χ0n) is 9.27. The first-order valence-electron chi connectivity index (χ1n) is 5.43. The average Bonchev–Trinajstić information content (AvgIpc) is 2.39. The maximum absolute atomic E-state index is 13.7. The quantitative estimate of drug-likeness (QED) is 0.630. The normalized spacial score (nSPS) is 10.8. The van der Waals surface area contributed by atoms with E-state index < -0.39 is 0 Å². The van der Waals surface area contributed by atoms with Crippen LogP contribution in [0.3, 0.4) is 0 Å². The molecule has 0 saturated carbocycles. The van der Waals surface area contributed by atoms with E-state index in [2.05, 4.69) is 25.9 Å². The second kappa shape index (κ2) is 4.46. The summed E-state index contributed by atoms with van der Waals surface area (Å²) in [6.07, 6.45) is 0. The van der Waals surface area contributed by atoms with Gasteiger partial charge in [-0.15, -0.1) is 0 Å². The first kappa shape index (κ1) is 11.3. The van der Waals surface area contributed by atoms with E-state index in [0.29, 0.717) is 16.0 Å². The Labute approximate surface area is 112 Å². The minimum absolute atomic E-state index is 0.320. The predicted molar refractivity (Wildman–Crippen MR) is 72.6 cm³/mol. The molecular formula is C14H8BrFN2. The van der Waals surface area contributed by atoms with Crippen molar-refractivity contribution in [2.45, 2.75) is 0 Å². The van der Waals surface area contributed by atoms with Crippen LogP contribution in [0.25, 0.3) is 22.3 Å². The van der Waals surface area contributed by atoms with Gasteiger partial charge in [0.1, 0.15) is 10.4 Å². The third-order valence-electron chi connectivity index (χ3n) is 2.67. The summed E-state index contributed by atoms with van der Waals surface area (Å²) in [6, 6.07) is 14.1. The largest absolute Gasteiger partial charge is 0.228 e. The Hall–Kier alpha value is -1.81. The Morgan fingerprint density at radius 1 is 0.889 bits per heavy atom. The van der Waals surface area contributed by atoms with Crippen LogP contribution in [0, 0.1) is 5.82 Å². The molecule has 1 aromatic heterocycles. The summed E-state index contributed by atoms with van der Waals surface area (Å²) in [5.74, 6) is 0.0679. The van der Waals surface area contributed by atoms with Crippen LogP contribution < -0.4 is 0 Å². The SMILES string of the molecule is Fc1ccccc1-c1nc(Br)c2ccccc2n1. The molecule has 4 heteroatoms. The maximum atomic E-state index is 13.7. The second-order valence-electron chi connectivity index (χ2n) is 3.84. The van der Waals surface area contributed by atoms with Crippen LogP contribution in [0.1, 0.15) is 0 Å². The molecule has 0 amide bonds. The predicted octanol–water partition coefficient (Wildman–Crippen LogP) is 4.20. The lowest BCUT2D eigenvalue weighted by Gasteiger charge is -2.05. The minimum Gasteiger partial charge on any atom is -0.228 e. The van der Waals surface area contributed by atoms with Crippen LogP contribution in [0.15, 0.2) is 53.1 Å². The lowest BCUT2D eigenvalue weighted by molar-refractivity contribution is 0.630. The zero-order valence-corrected chi connectivity index (χ0v) is 10.9. The summed E-state index contributed by atoms with van der Waals surface area (Å²) in [4.78, 5) is 8.68. The van der Waals surface area contributed by atoms with Crippen LogP contribution in [0.5, 0.6) is 0 Å². The van der Waals surface area contributed by atoms with Gasteiger partial charge in [0.2, 0.25) is 0 Å². The molecule has 2 aromatic carbocycles. The molecule has 0 radical (unpaired) electrons. The van der Waals surface area contributed by atoms with Gasteiger partial charge in [-0.05, 0) is 34.1 Å². The summed E-state index contributed by atoms with van der Waals surface area (Å²) in [5, 5.41) is 0.914. The van der Waals surface area contributed by atoms with Crippen molar-refractivity contribution < 1.29 is 4.39 Å². The number of para-hydroxylation sites is 1. The summed E-state index contributed by atoms with van der Waals surface area (Å²) in [7, 11) is 0. The van der Waals surface area contributed by atoms with Gasteiger partial charge in [0, 0.05) is 5.39 Å². The number of halogens is 2. The fourth-order valence-electron chi connectivity index (χ4n) is 1.80. The van der Waals surface area contributed by atoms with E-state index in [1.807, 2.05) is 24.3 Å². The van der Waals surface area contributed by atoms with Crippen molar-refractivity contribution in [3.8, 4) is 11.4 Å². The van der Waals surface area contributed by atoms with Crippen molar-refractivity contribution in [1.29, 1.82) is 0 Å². The Kier molecular flexibility index (Phi) is 2.80. The van der Waals surface area contributed by atoms with Gasteiger partial charge in [-0.25, -0.2) is 14.4 Å². The molecule has 0 aliphatic carbocycles. The second-order valence-corrected chi connectivity index (χ2v) is 4.59. The summed E-state index contributed by atoms with van der Waals surface area (Å²) < 4.78 is 14.4. The first-order valence-corrected chi connectivity index (χ1v) is 6.22. The molecule has 3 rings (SSSR count). The van der Waals surface area contributed by atoms with Gasteiger partial charge in [0.15, 0.2) is 5.82 Å². The van der Waals surface area contributed by atoms with Crippen LogP contribution in [-0.2, 0) is 0 Å². The third-order valence-corrected chi connectivity index (χ3v) is 3.28. The van der Waals surface area contributed by atoms with E-state index in [1.54, 1.807) is 18.2 Å². The highest BCUT2D eigenvalue weighted by Crippen LogP contribution is 2.26. The molecule has 0 N–H and O–H groups in total. The van der Waals surface area contributed by atoms with Gasteiger partial charge in [0.05, 0.1) is 11.1 Å². The molecule has 1 heterocycles. The molecule has 88 valence electrons. The van der Waals surface area contributed by atoms with E-state index in [-0.39, 0.29) is 5.82 Å². The molecular weight excluding hydrogens is 295 g/mol. The zero-order chi connectivity index (χ0) is 12.5. The van der Waals surface area contributed by atoms with E-state index in [4.69, 9.17) is 0 Å². The van der Waals surface area contributed by atoms with Gasteiger partial charge in [-0.1, -0.05) is 30.3 Å². The average molecular weight is 303 g/mol. The van der Waals surface area contributed by atoms with Crippen molar-refractivity contribution in [2.75, 3.05) is 0 Å². The van der Waals surface area contributed by atoms with Crippen molar-refractivity contribution in [1.82, 2.24) is 9.97 Å². The lowest BCUT2D eigenvalue weighted by atomic mass is 10.2. The monoisotopic (exact) mass is 302 g/mol. The number of aromatic nitrogens is 2. The van der Waals surface area contributed by atoms with Crippen LogP contribution in [-0.4, -0.2) is 9.97 Å². The molecule has 0 bridgehead atoms. The Balaban J connectivity index is 2.28. The highest BCUT2D eigenvalue weighted by atomic mass is 79.9. The number of hydrogen-bond acceptors (Lipinski definition) is 2. The van der Waals surface area contributed by atoms with Crippen LogP contribution in [0.4, 0.5) is 4.39 Å². The van der Waals surface area contributed by atoms with Gasteiger partial charge >= 0.3 is 0 Å². The van der Waals surface area contributed by atoms with Gasteiger partial charge in [-0.2, -0.15) is 0 Å². The molecule has 18 heavy (non-hydrogen) atoms. The van der Waals surface area contributed by atoms with E-state index in [0.717, 1.165) is 10.9 Å². The Morgan fingerprint density at radius 2 is 1.61 bits per heavy atom. The summed E-state index contributed by atoms with van der Waals surface area (Å²) in [5.41, 5.74) is 1.20. The van der Waals surface area contributed by atoms with Crippen molar-refractivity contribution in [3.63, 3.8) is 0 Å². The number of fused-ring (bicyclic) bond motifs is 1. The fraction of sp³-hybridized carbons (Fsp3) is 0. The maximum Gasteiger partial charge on any atom is 0.163 e. The van der Waals surface area contributed by atoms with Gasteiger partial charge in [-0.3, -0.25) is 0 Å². The fourth-order valence-corrected chi connectivity index (χ4v) is 2.30. The molecule has 2 nitrogen and oxygen atoms in total. The van der Waals surface area contributed by atoms with Crippen molar-refractivity contribution >= 4 is 26.8 Å². The topological polar surface area (TPSA) is 25.8 Å². The molecule has 0 aliphatic heterocycles. The Bertz CT molecular complexity index is 728. The third kappa shape index (κ3) is 1.88. The number of hydrogen-bond donors (Lipinski definition) is 0. The summed E-state index contributed by atoms with van der Waals surface area (Å²) >= 11 is 3.40. The van der Waals surface area contributed by atoms with Crippen molar-refractivity contribution in [2.24, 2.45) is 0 Å². The minimum atomic E-state index is -0.320. The molecule has 0 saturated heterocycles. The Morgan fingerprint density at radius 3 is 2.44 bits per heavy atom. The molecule has 3 aromatic rings. The van der Waals surface area contributed by atoms with Crippen molar-refractivity contribution in [3.05, 3.63) is 59.0 Å². The summed E-state index contributed by atoms with van der Waals surface area (Å²) in [6.45, 7) is 0. The number of rotatable bonds is 1. The van der Waals surface area contributed by atoms with E-state index in [1.165, 1.54) is 6.07 Å². The molecule has 0 atom stereocenters. The van der Waals surface area contributed by atoms with Gasteiger partial charge < -0.3 is 0 Å². The van der Waals surface area contributed by atoms with Gasteiger partial charge in [0.25, 0.3) is 0 Å². The number of benzene rings is 2. The van der Waals surface area contributed by atoms with E-state index in [9.17, 15) is 4.39 Å². The first-order chi connectivity index (χ1) is 8.75. The highest BCUT2D eigenvalue weighted by Gasteiger charge is 2.10. The molecule has 0 spiro atoms. The molecule has 0 unspecified atom stereocenters. The van der Waals surface area contributed by atoms with Crippen LogP contribution in [0.2, 0.25) is 0 Å². The van der Waals surface area contributed by atoms with Crippen LogP contribution >= 0.6 is 15.9 Å². The molecule has 0 aliphatic rings. The smallest absolute Gasteiger partial charge is 0.163 e. The number of nitrogens with zero attached hydrogens (tertiary/aromatic N) is 2. The molecule has 0 fully saturated rings. The van der Waals surface area contributed by atoms with E-state index >= 15 is 0 Å². The highest BCUT2D eigenvalue weighted by molar-refractivity contribution is 9.10. The lowest BCUT2D eigenvalue weighted by Crippen LogP contribution is -1.94. The standard InChI is InChI=1S/C14H8BrFN2/c15-13-10-6-2-4-8-12(10)17-14(18-13)9-5-1-3-7-11(9)16/h1-8H.